The summed E-state index contributed by atoms with van der Waals surface area (Å²) in [5, 5.41) is 2.99. The van der Waals surface area contributed by atoms with Gasteiger partial charge in [0.05, 0.1) is 6.04 Å². The molecule has 1 atom stereocenters. The average molecular weight is 414 g/mol. The van der Waals surface area contributed by atoms with E-state index in [1.165, 1.54) is 0 Å². The van der Waals surface area contributed by atoms with E-state index in [2.05, 4.69) is 5.32 Å². The number of hydrogen-bond donors (Lipinski definition) is 1. The van der Waals surface area contributed by atoms with Crippen molar-refractivity contribution in [2.45, 2.75) is 12.5 Å². The molecule has 0 radical (unpaired) electrons. The van der Waals surface area contributed by atoms with Gasteiger partial charge < -0.3 is 19.7 Å². The Bertz CT molecular complexity index is 1110. The van der Waals surface area contributed by atoms with Gasteiger partial charge >= 0.3 is 0 Å². The molecule has 0 saturated carbocycles. The average Bonchev–Trinajstić information content (AvgIpc) is 3.19. The third-order valence-electron chi connectivity index (χ3n) is 5.55. The molecule has 2 aliphatic heterocycles. The predicted molar refractivity (Wildman–Crippen MR) is 118 cm³/mol. The number of carbonyl (C=O) groups is 2. The zero-order valence-electron chi connectivity index (χ0n) is 16.9. The van der Waals surface area contributed by atoms with E-state index in [1.807, 2.05) is 72.8 Å². The molecule has 1 fully saturated rings. The first-order chi connectivity index (χ1) is 15.2. The maximum atomic E-state index is 12.7. The van der Waals surface area contributed by atoms with Crippen LogP contribution in [-0.4, -0.2) is 37.6 Å². The number of rotatable bonds is 4. The van der Waals surface area contributed by atoms with Gasteiger partial charge in [0, 0.05) is 30.3 Å². The Kier molecular flexibility index (Phi) is 5.04. The first-order valence-electron chi connectivity index (χ1n) is 10.3. The molecule has 2 aliphatic rings. The second-order valence-corrected chi connectivity index (χ2v) is 7.65. The predicted octanol–water partition coefficient (Wildman–Crippen LogP) is 3.66. The van der Waals surface area contributed by atoms with Crippen molar-refractivity contribution in [3.63, 3.8) is 0 Å². The molecule has 5 rings (SSSR count). The minimum absolute atomic E-state index is 0.0265. The highest BCUT2D eigenvalue weighted by Crippen LogP contribution is 2.35. The van der Waals surface area contributed by atoms with Crippen LogP contribution in [0.4, 0.5) is 5.69 Å². The summed E-state index contributed by atoms with van der Waals surface area (Å²) >= 11 is 0. The molecule has 0 spiro atoms. The molecule has 0 aromatic heterocycles. The standard InChI is InChI=1S/C25H22N2O4/c28-24-14-20(16-27(24)21-10-11-22-23(15-21)31-13-12-30-22)26-25(29)19-8-6-18(7-9-19)17-4-2-1-3-5-17/h1-11,15,20H,12-14,16H2,(H,26,29)/t20-/m1/s1. The lowest BCUT2D eigenvalue weighted by Gasteiger charge is -2.22. The Morgan fingerprint density at radius 3 is 2.35 bits per heavy atom. The monoisotopic (exact) mass is 414 g/mol. The Labute approximate surface area is 180 Å². The molecule has 0 bridgehead atoms. The third-order valence-corrected chi connectivity index (χ3v) is 5.55. The van der Waals surface area contributed by atoms with Gasteiger partial charge in [0.15, 0.2) is 11.5 Å². The molecule has 3 aromatic carbocycles. The summed E-state index contributed by atoms with van der Waals surface area (Å²) < 4.78 is 11.2. The summed E-state index contributed by atoms with van der Waals surface area (Å²) in [6, 6.07) is 22.7. The zero-order chi connectivity index (χ0) is 21.2. The van der Waals surface area contributed by atoms with Crippen molar-refractivity contribution in [2.75, 3.05) is 24.7 Å². The van der Waals surface area contributed by atoms with Crippen molar-refractivity contribution >= 4 is 17.5 Å². The van der Waals surface area contributed by atoms with Crippen molar-refractivity contribution in [3.8, 4) is 22.6 Å². The summed E-state index contributed by atoms with van der Waals surface area (Å²) in [5.74, 6) is 1.12. The van der Waals surface area contributed by atoms with E-state index >= 15 is 0 Å². The van der Waals surface area contributed by atoms with Crippen LogP contribution in [0.1, 0.15) is 16.8 Å². The first kappa shape index (κ1) is 19.2. The number of anilines is 1. The smallest absolute Gasteiger partial charge is 0.251 e. The molecular weight excluding hydrogens is 392 g/mol. The summed E-state index contributed by atoms with van der Waals surface area (Å²) in [6.45, 7) is 1.44. The number of benzene rings is 3. The number of fused-ring (bicyclic) bond motifs is 1. The lowest BCUT2D eigenvalue weighted by atomic mass is 10.0. The first-order valence-corrected chi connectivity index (χ1v) is 10.3. The highest BCUT2D eigenvalue weighted by Gasteiger charge is 2.32. The molecule has 31 heavy (non-hydrogen) atoms. The van der Waals surface area contributed by atoms with E-state index in [0.29, 0.717) is 36.8 Å². The Balaban J connectivity index is 1.25. The van der Waals surface area contributed by atoms with Gasteiger partial charge in [-0.05, 0) is 35.4 Å². The van der Waals surface area contributed by atoms with E-state index in [0.717, 1.165) is 16.8 Å². The van der Waals surface area contributed by atoms with Gasteiger partial charge in [0.25, 0.3) is 5.91 Å². The van der Waals surface area contributed by atoms with Gasteiger partial charge in [-0.2, -0.15) is 0 Å². The SMILES string of the molecule is O=C(N[C@@H]1CC(=O)N(c2ccc3c(c2)OCCO3)C1)c1ccc(-c2ccccc2)cc1. The van der Waals surface area contributed by atoms with E-state index in [-0.39, 0.29) is 24.3 Å². The maximum absolute atomic E-state index is 12.7. The number of amides is 2. The molecule has 6 nitrogen and oxygen atoms in total. The normalized spacial score (nSPS) is 17.5. The minimum atomic E-state index is -0.248. The number of nitrogens with one attached hydrogen (secondary N) is 1. The van der Waals surface area contributed by atoms with Crippen molar-refractivity contribution in [3.05, 3.63) is 78.4 Å². The largest absolute Gasteiger partial charge is 0.486 e. The lowest BCUT2D eigenvalue weighted by molar-refractivity contribution is -0.117. The molecule has 2 amide bonds. The van der Waals surface area contributed by atoms with Crippen LogP contribution in [0.2, 0.25) is 0 Å². The number of carbonyl (C=O) groups excluding carboxylic acids is 2. The van der Waals surface area contributed by atoms with Crippen LogP contribution in [0.25, 0.3) is 11.1 Å². The van der Waals surface area contributed by atoms with Crippen LogP contribution < -0.4 is 19.7 Å². The van der Waals surface area contributed by atoms with Crippen LogP contribution in [0, 0.1) is 0 Å². The minimum Gasteiger partial charge on any atom is -0.486 e. The second-order valence-electron chi connectivity index (χ2n) is 7.65. The molecule has 0 unspecified atom stereocenters. The van der Waals surface area contributed by atoms with Gasteiger partial charge in [0.1, 0.15) is 13.2 Å². The Morgan fingerprint density at radius 2 is 1.58 bits per heavy atom. The van der Waals surface area contributed by atoms with Crippen LogP contribution in [0.15, 0.2) is 72.8 Å². The van der Waals surface area contributed by atoms with Gasteiger partial charge in [0.2, 0.25) is 5.91 Å². The maximum Gasteiger partial charge on any atom is 0.251 e. The van der Waals surface area contributed by atoms with Crippen molar-refractivity contribution in [1.82, 2.24) is 5.32 Å². The molecule has 2 heterocycles. The van der Waals surface area contributed by atoms with Crippen LogP contribution in [0.3, 0.4) is 0 Å². The van der Waals surface area contributed by atoms with Gasteiger partial charge in [-0.25, -0.2) is 0 Å². The van der Waals surface area contributed by atoms with Crippen LogP contribution >= 0.6 is 0 Å². The molecular formula is C25H22N2O4. The van der Waals surface area contributed by atoms with Crippen LogP contribution in [0.5, 0.6) is 11.5 Å². The molecule has 3 aromatic rings. The fourth-order valence-corrected chi connectivity index (χ4v) is 3.97. The zero-order valence-corrected chi connectivity index (χ0v) is 16.9. The van der Waals surface area contributed by atoms with E-state index < -0.39 is 0 Å². The topological polar surface area (TPSA) is 67.9 Å². The van der Waals surface area contributed by atoms with Crippen LogP contribution in [-0.2, 0) is 4.79 Å². The highest BCUT2D eigenvalue weighted by atomic mass is 16.6. The molecule has 1 saturated heterocycles. The number of ether oxygens (including phenoxy) is 2. The number of nitrogens with zero attached hydrogens (tertiary/aromatic N) is 1. The molecule has 1 N–H and O–H groups in total. The fraction of sp³-hybridized carbons (Fsp3) is 0.200. The van der Waals surface area contributed by atoms with E-state index in [4.69, 9.17) is 9.47 Å². The van der Waals surface area contributed by atoms with Crippen molar-refractivity contribution < 1.29 is 19.1 Å². The van der Waals surface area contributed by atoms with Gasteiger partial charge in [-0.15, -0.1) is 0 Å². The summed E-state index contributed by atoms with van der Waals surface area (Å²) in [4.78, 5) is 27.0. The Morgan fingerprint density at radius 1 is 0.871 bits per heavy atom. The second kappa shape index (κ2) is 8.14. The summed E-state index contributed by atoms with van der Waals surface area (Å²) in [7, 11) is 0. The lowest BCUT2D eigenvalue weighted by Crippen LogP contribution is -2.37. The van der Waals surface area contributed by atoms with Gasteiger partial charge in [-0.1, -0.05) is 42.5 Å². The summed E-state index contributed by atoms with van der Waals surface area (Å²) in [6.07, 6.45) is 0.266. The molecule has 156 valence electrons. The van der Waals surface area contributed by atoms with Gasteiger partial charge in [-0.3, -0.25) is 9.59 Å². The summed E-state index contributed by atoms with van der Waals surface area (Å²) in [5.41, 5.74) is 3.48. The quantitative estimate of drug-likeness (QED) is 0.708. The third kappa shape index (κ3) is 3.97. The van der Waals surface area contributed by atoms with E-state index in [9.17, 15) is 9.59 Å². The fourth-order valence-electron chi connectivity index (χ4n) is 3.97. The number of hydrogen-bond acceptors (Lipinski definition) is 4. The molecule has 6 heteroatoms. The molecule has 0 aliphatic carbocycles. The Hall–Kier alpha value is -3.80. The van der Waals surface area contributed by atoms with E-state index in [1.54, 1.807) is 4.90 Å². The van der Waals surface area contributed by atoms with Crippen molar-refractivity contribution in [2.24, 2.45) is 0 Å². The van der Waals surface area contributed by atoms with Crippen molar-refractivity contribution in [1.29, 1.82) is 0 Å². The highest BCUT2D eigenvalue weighted by molar-refractivity contribution is 5.99.